The molecule has 4 saturated heterocycles. The third-order valence-electron chi connectivity index (χ3n) is 28.4. The summed E-state index contributed by atoms with van der Waals surface area (Å²) < 4.78 is 17.5. The number of aromatic nitrogens is 8. The lowest BCUT2D eigenvalue weighted by molar-refractivity contribution is 0.0418. The van der Waals surface area contributed by atoms with Gasteiger partial charge < -0.3 is 65.5 Å². The number of fused-ring (bicyclic) bond motifs is 4. The minimum atomic E-state index is -1.46. The Hall–Kier alpha value is -13.7. The van der Waals surface area contributed by atoms with Crippen molar-refractivity contribution < 1.29 is 48.2 Å². The molecule has 26 nitrogen and oxygen atoms in total. The molecule has 12 aromatic rings. The molecule has 7 N–H and O–H groups in total. The molecule has 8 heterocycles. The second-order valence-electron chi connectivity index (χ2n) is 41.1. The number of alkyl carbamates (subject to hydrolysis) is 3. The molecule has 20 rings (SSSR count). The van der Waals surface area contributed by atoms with Crippen molar-refractivity contribution in [3.63, 3.8) is 0 Å². The Morgan fingerprint density at radius 1 is 0.348 bits per heavy atom. The third kappa shape index (κ3) is 24.0. The number of hydrogen-bond donors (Lipinski definition) is 6. The highest BCUT2D eigenvalue weighted by atomic mass is 79.9. The number of nitrogens with two attached hydrogens (primary N) is 1. The number of ketones is 2. The van der Waals surface area contributed by atoms with E-state index in [0.717, 1.165) is 180 Å². The Labute approximate surface area is 835 Å². The van der Waals surface area contributed by atoms with E-state index >= 15 is 0 Å². The number of hydrogen-bond acceptors (Lipinski definition) is 23. The molecule has 4 atom stereocenters. The Morgan fingerprint density at radius 2 is 0.610 bits per heavy atom. The minimum absolute atomic E-state index is 0.000116. The maximum atomic E-state index is 12.8. The molecule has 8 aromatic carbocycles. The van der Waals surface area contributed by atoms with Crippen LogP contribution >= 0.6 is 15.9 Å². The van der Waals surface area contributed by atoms with Gasteiger partial charge in [-0.1, -0.05) is 232 Å². The molecule has 3 amide bonds. The van der Waals surface area contributed by atoms with Crippen molar-refractivity contribution in [1.29, 1.82) is 0 Å². The first-order valence-corrected chi connectivity index (χ1v) is 49.4. The van der Waals surface area contributed by atoms with Gasteiger partial charge in [-0.25, -0.2) is 49.3 Å². The number of piperidine rings is 4. The molecule has 4 spiro atoms. The first kappa shape index (κ1) is 100. The van der Waals surface area contributed by atoms with Gasteiger partial charge in [-0.15, -0.1) is 0 Å². The molecule has 728 valence electrons. The lowest BCUT2D eigenvalue weighted by Gasteiger charge is -2.43. The summed E-state index contributed by atoms with van der Waals surface area (Å²) in [7, 11) is -1.46. The summed E-state index contributed by atoms with van der Waals surface area (Å²) in [6.45, 7) is 31.6. The van der Waals surface area contributed by atoms with Gasteiger partial charge >= 0.3 is 25.4 Å². The number of nitrogens with one attached hydrogen (secondary N) is 3. The summed E-state index contributed by atoms with van der Waals surface area (Å²) in [4.78, 5) is 108. The van der Waals surface area contributed by atoms with Gasteiger partial charge in [0.2, 0.25) is 11.6 Å². The average molecular weight is 1960 g/mol. The van der Waals surface area contributed by atoms with Crippen molar-refractivity contribution in [2.75, 3.05) is 72.0 Å². The van der Waals surface area contributed by atoms with Crippen molar-refractivity contribution >= 4 is 87.2 Å². The van der Waals surface area contributed by atoms with E-state index in [0.29, 0.717) is 28.0 Å². The van der Waals surface area contributed by atoms with E-state index in [2.05, 4.69) is 184 Å². The fraction of sp³-hybridized carbons (Fsp3) is 0.354. The molecule has 1 unspecified atom stereocenters. The van der Waals surface area contributed by atoms with Crippen LogP contribution in [0.4, 0.5) is 37.7 Å². The molecular weight excluding hydrogens is 1830 g/mol. The fourth-order valence-corrected chi connectivity index (χ4v) is 21.3. The molecule has 28 heteroatoms. The van der Waals surface area contributed by atoms with Gasteiger partial charge in [-0.2, -0.15) is 0 Å². The molecular formula is C113H126BBrN16O10. The topological polar surface area (TPSA) is 332 Å². The van der Waals surface area contributed by atoms with Crippen LogP contribution in [0.5, 0.6) is 0 Å². The highest BCUT2D eigenvalue weighted by Crippen LogP contribution is 2.57. The van der Waals surface area contributed by atoms with E-state index in [1.807, 2.05) is 178 Å². The van der Waals surface area contributed by atoms with Gasteiger partial charge in [-0.05, 0) is 222 Å². The number of halogens is 1. The Kier molecular flexibility index (Phi) is 30.7. The van der Waals surface area contributed by atoms with E-state index < -0.39 is 23.9 Å². The quantitative estimate of drug-likeness (QED) is 0.0315. The van der Waals surface area contributed by atoms with Crippen molar-refractivity contribution in [3.05, 3.63) is 370 Å². The van der Waals surface area contributed by atoms with E-state index in [9.17, 15) is 24.0 Å². The lowest BCUT2D eigenvalue weighted by atomic mass is 9.72. The van der Waals surface area contributed by atoms with Crippen LogP contribution in [0.2, 0.25) is 0 Å². The summed E-state index contributed by atoms with van der Waals surface area (Å²) in [5, 5.41) is 27.1. The van der Waals surface area contributed by atoms with Gasteiger partial charge in [0.15, 0.2) is 0 Å². The van der Waals surface area contributed by atoms with Gasteiger partial charge in [-0.3, -0.25) is 14.6 Å². The summed E-state index contributed by atoms with van der Waals surface area (Å²) in [6.07, 6.45) is 24.3. The van der Waals surface area contributed by atoms with Crippen molar-refractivity contribution in [2.24, 2.45) is 27.4 Å². The lowest BCUT2D eigenvalue weighted by Crippen LogP contribution is -2.48. The van der Waals surface area contributed by atoms with E-state index in [4.69, 9.17) is 35.0 Å². The Morgan fingerprint density at radius 3 is 0.901 bits per heavy atom. The number of anilines is 4. The zero-order chi connectivity index (χ0) is 99.4. The Balaban J connectivity index is 0.000000131. The number of carbonyl (C=O) groups excluding carboxylic acids is 5. The highest BCUT2D eigenvalue weighted by molar-refractivity contribution is 9.10. The van der Waals surface area contributed by atoms with Crippen LogP contribution in [0.25, 0.3) is 11.0 Å². The highest BCUT2D eigenvalue weighted by Gasteiger charge is 2.53. The zero-order valence-electron chi connectivity index (χ0n) is 81.8. The predicted molar refractivity (Wildman–Crippen MR) is 555 cm³/mol. The molecule has 141 heavy (non-hydrogen) atoms. The smallest absolute Gasteiger partial charge is 0.444 e. The van der Waals surface area contributed by atoms with Crippen LogP contribution in [-0.4, -0.2) is 156 Å². The van der Waals surface area contributed by atoms with Crippen LogP contribution < -0.4 is 41.3 Å². The normalized spacial score (nSPS) is 18.5. The number of benzene rings is 8. The molecule has 4 fully saturated rings. The van der Waals surface area contributed by atoms with Gasteiger partial charge in [0.25, 0.3) is 0 Å². The second-order valence-corrected chi connectivity index (χ2v) is 41.9. The number of ether oxygens (including phenoxy) is 3. The van der Waals surface area contributed by atoms with Crippen LogP contribution in [-0.2, 0) is 39.9 Å². The largest absolute Gasteiger partial charge is 0.488 e. The van der Waals surface area contributed by atoms with Crippen molar-refractivity contribution in [3.8, 4) is 0 Å². The number of carbonyl (C=O) groups is 5. The third-order valence-corrected chi connectivity index (χ3v) is 28.8. The molecule has 4 aliphatic carbocycles. The molecule has 0 radical (unpaired) electrons. The molecule has 4 aromatic heterocycles. The van der Waals surface area contributed by atoms with Crippen molar-refractivity contribution in [1.82, 2.24) is 55.8 Å². The average Bonchev–Trinajstić information content (AvgIpc) is 1.63. The van der Waals surface area contributed by atoms with Gasteiger partial charge in [0.05, 0.1) is 73.4 Å². The Bertz CT molecular complexity index is 6160. The molecule has 4 aliphatic heterocycles. The van der Waals surface area contributed by atoms with Crippen LogP contribution in [0.1, 0.15) is 231 Å². The number of nitrogens with zero attached hydrogens (tertiary/aromatic N) is 12. The van der Waals surface area contributed by atoms with Crippen LogP contribution in [0.3, 0.4) is 0 Å². The van der Waals surface area contributed by atoms with E-state index in [1.54, 1.807) is 67.4 Å². The molecule has 0 saturated carbocycles. The first-order valence-electron chi connectivity index (χ1n) is 48.7. The van der Waals surface area contributed by atoms with E-state index in [-0.39, 0.29) is 75.7 Å². The number of amides is 3. The fourth-order valence-electron chi connectivity index (χ4n) is 21.1. The van der Waals surface area contributed by atoms with Crippen LogP contribution in [0.15, 0.2) is 286 Å². The summed E-state index contributed by atoms with van der Waals surface area (Å²) in [5.41, 5.74) is 21.1. The van der Waals surface area contributed by atoms with Gasteiger partial charge in [0.1, 0.15) is 56.1 Å². The van der Waals surface area contributed by atoms with Crippen LogP contribution in [0, 0.1) is 21.7 Å². The second kappa shape index (κ2) is 43.2. The van der Waals surface area contributed by atoms with Crippen molar-refractivity contribution in [2.45, 2.75) is 180 Å². The zero-order valence-corrected chi connectivity index (χ0v) is 83.4. The number of rotatable bonds is 15. The predicted octanol–water partition coefficient (Wildman–Crippen LogP) is 20.0. The minimum Gasteiger partial charge on any atom is -0.444 e. The monoisotopic (exact) mass is 1960 g/mol. The standard InChI is InChI=1S/C30H34N4O2.C29H32N4O3.C24H24N4O.C22H27BrN4O2.C8H9BO2/c1-21(22-10-6-5-7-11-22)25-19-32-26(20-31-25)34-16-14-30(15-17-34)18-23-12-8-9-13-24(23)27(30)33-28(35)36-29(2,3)4;1-28(2,3)36-27(35)32-26-22-12-8-7-11-21(22)17-29(26)13-15-33(16-14-29)24-19-30-23(18-31-24)25(34)20-9-5-4-6-10-20;25-23-19-9-5-4-8-18(19)14-24(23)10-12-28(13-11-24)21-16-26-20(15-27-21)22(29)17-6-2-1-3-7-17;1-21(2,3)29-20(28)26-19-16-7-5-4-6-15(16)12-22(19)8-10-27(11-9-22)18-14-24-17(23)13-25-18;1-7(9(10)11)8-5-3-2-4-6-8/h5-13,19-20,27H,1,14-18H2,2-4H3,(H,33,35);4-12,18-19,26H,13-17H2,1-3H3,(H,32,35);1-9,15-16,23H,10-14,25H2;4-7,13-14,19H,8-12H2,1-3H3,(H,26,28);2-6,10-11H,1H2/t;26-;23-;19-;/m.111./s1. The molecule has 8 aliphatic rings. The summed E-state index contributed by atoms with van der Waals surface area (Å²) in [5.74, 6) is 3.14. The summed E-state index contributed by atoms with van der Waals surface area (Å²) in [6, 6.07) is 71.2. The maximum absolute atomic E-state index is 12.8. The van der Waals surface area contributed by atoms with Gasteiger partial charge in [0, 0.05) is 91.3 Å². The maximum Gasteiger partial charge on any atom is 0.488 e. The van der Waals surface area contributed by atoms with E-state index in [1.165, 1.54) is 44.5 Å². The SMILES string of the molecule is C=C(B(O)O)c1ccccc1.C=C(c1ccccc1)c1cnc(N2CCC3(CC2)Cc2ccccc2C3NC(=O)OC(C)(C)C)cn1.CC(C)(C)OC(=O)N[C@@H]1c2ccccc2CC12CCN(c1cnc(Br)cn1)CC2.CC(C)(C)OC(=O)N[C@@H]1c2ccccc2CC12CCN(c1cnc(C(=O)c3ccccc3)cn1)CC2.N[C@@H]1c2ccccc2CC12CCN(c1cnc(C(=O)c3ccccc3)cn1)CC2. The molecule has 0 bridgehead atoms. The first-order chi connectivity index (χ1) is 67.6. The summed E-state index contributed by atoms with van der Waals surface area (Å²) >= 11 is 3.34.